The molecular weight excluding hydrogens is 368 g/mol. The van der Waals surface area contributed by atoms with E-state index >= 15 is 0 Å². The van der Waals surface area contributed by atoms with Crippen molar-refractivity contribution in [3.63, 3.8) is 0 Å². The number of aliphatic imine (C=N–C) groups is 1. The highest BCUT2D eigenvalue weighted by Gasteiger charge is 2.17. The number of tetrazole rings is 1. The molecule has 0 aromatic carbocycles. The highest BCUT2D eigenvalue weighted by molar-refractivity contribution is 5.94. The summed E-state index contributed by atoms with van der Waals surface area (Å²) in [7, 11) is 1.44. The molecule has 0 aliphatic rings. The monoisotopic (exact) mass is 389 g/mol. The van der Waals surface area contributed by atoms with Gasteiger partial charge in [0.2, 0.25) is 5.90 Å². The average Bonchev–Trinajstić information content (AvgIpc) is 3.16. The van der Waals surface area contributed by atoms with Crippen molar-refractivity contribution in [3.05, 3.63) is 59.7 Å². The summed E-state index contributed by atoms with van der Waals surface area (Å²) < 4.78 is 32.5. The van der Waals surface area contributed by atoms with Crippen LogP contribution >= 0.6 is 0 Å². The molecule has 2 rings (SSSR count). The molecule has 0 fully saturated rings. The summed E-state index contributed by atoms with van der Waals surface area (Å²) >= 11 is 0. The Morgan fingerprint density at radius 1 is 1.29 bits per heavy atom. The molecule has 10 heteroatoms. The lowest BCUT2D eigenvalue weighted by Gasteiger charge is -2.11. The molecule has 0 atom stereocenters. The zero-order valence-corrected chi connectivity index (χ0v) is 16.0. The van der Waals surface area contributed by atoms with E-state index in [2.05, 4.69) is 30.5 Å². The Hall–Kier alpha value is -3.30. The Morgan fingerprint density at radius 3 is 2.57 bits per heavy atom. The molecule has 0 bridgehead atoms. The largest absolute Gasteiger partial charge is 0.437 e. The van der Waals surface area contributed by atoms with Crippen molar-refractivity contribution in [2.75, 3.05) is 7.05 Å². The summed E-state index contributed by atoms with van der Waals surface area (Å²) in [5.74, 6) is 0.575. The summed E-state index contributed by atoms with van der Waals surface area (Å²) in [6.07, 6.45) is 7.06. The van der Waals surface area contributed by atoms with Crippen molar-refractivity contribution in [2.45, 2.75) is 33.7 Å². The molecule has 0 saturated carbocycles. The van der Waals surface area contributed by atoms with Gasteiger partial charge in [-0.05, 0) is 42.8 Å². The maximum absolute atomic E-state index is 12.9. The predicted molar refractivity (Wildman–Crippen MR) is 101 cm³/mol. The molecule has 2 aromatic rings. The van der Waals surface area contributed by atoms with Crippen LogP contribution in [-0.4, -0.2) is 49.5 Å². The molecule has 0 spiro atoms. The molecule has 148 valence electrons. The second-order valence-electron chi connectivity index (χ2n) is 5.55. The van der Waals surface area contributed by atoms with Crippen LogP contribution in [-0.2, 0) is 11.3 Å². The van der Waals surface area contributed by atoms with Crippen molar-refractivity contribution in [2.24, 2.45) is 4.99 Å². The fourth-order valence-corrected chi connectivity index (χ4v) is 2.16. The van der Waals surface area contributed by atoms with Gasteiger partial charge in [-0.3, -0.25) is 4.99 Å². The van der Waals surface area contributed by atoms with Gasteiger partial charge in [-0.25, -0.2) is 23.4 Å². The van der Waals surface area contributed by atoms with Crippen molar-refractivity contribution < 1.29 is 13.5 Å². The fourth-order valence-electron chi connectivity index (χ4n) is 2.16. The summed E-state index contributed by atoms with van der Waals surface area (Å²) in [5, 5.41) is 11.7. The minimum absolute atomic E-state index is 0.00759. The highest BCUT2D eigenvalue weighted by atomic mass is 19.3. The number of halogens is 2. The van der Waals surface area contributed by atoms with Gasteiger partial charge < -0.3 is 4.74 Å². The highest BCUT2D eigenvalue weighted by Crippen LogP contribution is 2.14. The number of ether oxygens (including phenoxy) is 1. The van der Waals surface area contributed by atoms with Gasteiger partial charge in [0.25, 0.3) is 6.43 Å². The van der Waals surface area contributed by atoms with Gasteiger partial charge in [-0.1, -0.05) is 18.2 Å². The van der Waals surface area contributed by atoms with E-state index in [9.17, 15) is 8.78 Å². The summed E-state index contributed by atoms with van der Waals surface area (Å²) in [5.41, 5.74) is 1.27. The van der Waals surface area contributed by atoms with E-state index in [0.29, 0.717) is 17.2 Å². The smallest absolute Gasteiger partial charge is 0.295 e. The lowest BCUT2D eigenvalue weighted by Crippen LogP contribution is -2.14. The fraction of sp³-hybridized carbons (Fsp3) is 0.333. The van der Waals surface area contributed by atoms with Gasteiger partial charge in [0.1, 0.15) is 12.4 Å². The third kappa shape index (κ3) is 5.35. The van der Waals surface area contributed by atoms with Crippen LogP contribution in [0.2, 0.25) is 0 Å². The normalized spacial score (nSPS) is 13.6. The number of aromatic nitrogens is 6. The van der Waals surface area contributed by atoms with Crippen molar-refractivity contribution in [1.29, 1.82) is 0 Å². The van der Waals surface area contributed by atoms with E-state index in [0.717, 1.165) is 5.57 Å². The minimum Gasteiger partial charge on any atom is -0.437 e. The third-order valence-corrected chi connectivity index (χ3v) is 3.58. The maximum Gasteiger partial charge on any atom is 0.295 e. The summed E-state index contributed by atoms with van der Waals surface area (Å²) in [6.45, 7) is 5.53. The molecule has 2 heterocycles. The van der Waals surface area contributed by atoms with Crippen molar-refractivity contribution in [1.82, 2.24) is 30.2 Å². The van der Waals surface area contributed by atoms with Gasteiger partial charge >= 0.3 is 0 Å². The number of hydrogen-bond acceptors (Lipinski definition) is 7. The maximum atomic E-state index is 12.9. The van der Waals surface area contributed by atoms with Crippen LogP contribution in [0.5, 0.6) is 0 Å². The van der Waals surface area contributed by atoms with Crippen LogP contribution < -0.4 is 0 Å². The number of rotatable bonds is 7. The van der Waals surface area contributed by atoms with Gasteiger partial charge in [-0.15, -0.1) is 5.10 Å². The quantitative estimate of drug-likeness (QED) is 0.313. The van der Waals surface area contributed by atoms with Crippen LogP contribution in [0.1, 0.15) is 38.0 Å². The van der Waals surface area contributed by atoms with Gasteiger partial charge in [0, 0.05) is 19.4 Å². The predicted octanol–water partition coefficient (Wildman–Crippen LogP) is 3.05. The van der Waals surface area contributed by atoms with E-state index in [1.54, 1.807) is 4.68 Å². The number of nitrogens with zero attached hydrogens (tertiary/aromatic N) is 7. The molecule has 28 heavy (non-hydrogen) atoms. The van der Waals surface area contributed by atoms with Crippen LogP contribution in [0, 0.1) is 0 Å². The molecule has 0 aliphatic carbocycles. The molecule has 0 radical (unpaired) electrons. The average molecular weight is 389 g/mol. The standard InChI is InChI=1S/C18H21F2N7O/c1-5-7-8-12(3)17-24-25-26-27(17)11-15-22-9-13(10-23-15)18(21-4)28-14(6-2)16(19)20/h5-10,16H,11H2,1-4H3/b7-5-,12-8+,14-6+,21-18?. The Bertz CT molecular complexity index is 899. The lowest BCUT2D eigenvalue weighted by atomic mass is 10.2. The first-order valence-electron chi connectivity index (χ1n) is 8.46. The molecule has 0 saturated heterocycles. The zero-order chi connectivity index (χ0) is 20.5. The van der Waals surface area contributed by atoms with Crippen LogP contribution in [0.15, 0.2) is 47.4 Å². The zero-order valence-electron chi connectivity index (χ0n) is 16.0. The van der Waals surface area contributed by atoms with E-state index < -0.39 is 12.2 Å². The molecule has 2 aromatic heterocycles. The first-order valence-corrected chi connectivity index (χ1v) is 8.46. The molecule has 0 aliphatic heterocycles. The number of allylic oxidation sites excluding steroid dienone is 6. The SMILES string of the molecule is C/C=C\C=C(/C)c1nnnn1Cc1ncc(C(=NC)O/C(=C/C)C(F)F)cn1. The Labute approximate surface area is 161 Å². The van der Waals surface area contributed by atoms with Crippen molar-refractivity contribution in [3.8, 4) is 0 Å². The third-order valence-electron chi connectivity index (χ3n) is 3.58. The molecule has 8 nitrogen and oxygen atoms in total. The number of hydrogen-bond donors (Lipinski definition) is 0. The van der Waals surface area contributed by atoms with E-state index in [-0.39, 0.29) is 12.4 Å². The second-order valence-corrected chi connectivity index (χ2v) is 5.55. The first kappa shape index (κ1) is 21.0. The molecular formula is C18H21F2N7O. The lowest BCUT2D eigenvalue weighted by molar-refractivity contribution is 0.133. The Morgan fingerprint density at radius 2 is 2.00 bits per heavy atom. The Balaban J connectivity index is 2.17. The molecule has 0 N–H and O–H groups in total. The van der Waals surface area contributed by atoms with Crippen LogP contribution in [0.3, 0.4) is 0 Å². The topological polar surface area (TPSA) is 91.0 Å². The summed E-state index contributed by atoms with van der Waals surface area (Å²) in [4.78, 5) is 12.4. The number of alkyl halides is 2. The first-order chi connectivity index (χ1) is 13.5. The second kappa shape index (κ2) is 10.1. The van der Waals surface area contributed by atoms with E-state index in [1.807, 2.05) is 32.1 Å². The molecule has 0 unspecified atom stereocenters. The Kier molecular flexibility index (Phi) is 7.61. The van der Waals surface area contributed by atoms with E-state index in [1.165, 1.54) is 32.4 Å². The summed E-state index contributed by atoms with van der Waals surface area (Å²) in [6, 6.07) is 0. The van der Waals surface area contributed by atoms with Crippen LogP contribution in [0.25, 0.3) is 5.57 Å². The van der Waals surface area contributed by atoms with Gasteiger partial charge in [0.15, 0.2) is 11.6 Å². The van der Waals surface area contributed by atoms with Crippen LogP contribution in [0.4, 0.5) is 8.78 Å². The molecule has 0 amide bonds. The van der Waals surface area contributed by atoms with Gasteiger partial charge in [-0.2, -0.15) is 0 Å². The van der Waals surface area contributed by atoms with Crippen molar-refractivity contribution >= 4 is 11.5 Å². The minimum atomic E-state index is -2.74. The van der Waals surface area contributed by atoms with E-state index in [4.69, 9.17) is 4.74 Å². The van der Waals surface area contributed by atoms with Gasteiger partial charge in [0.05, 0.1) is 5.56 Å².